The molecule has 0 amide bonds. The van der Waals surface area contributed by atoms with E-state index < -0.39 is 0 Å². The first-order chi connectivity index (χ1) is 27.0. The molecule has 11 rings (SSSR count). The van der Waals surface area contributed by atoms with Gasteiger partial charge in [-0.05, 0) is 120 Å². The number of rotatable bonds is 5. The van der Waals surface area contributed by atoms with Gasteiger partial charge in [0.2, 0.25) is 0 Å². The molecule has 9 aromatic carbocycles. The quantitative estimate of drug-likeness (QED) is 0.171. The zero-order chi connectivity index (χ0) is 36.7. The fourth-order valence-corrected chi connectivity index (χ4v) is 10.1. The van der Waals surface area contributed by atoms with Gasteiger partial charge in [0.25, 0.3) is 0 Å². The molecule has 1 aliphatic rings. The lowest BCUT2D eigenvalue weighted by molar-refractivity contribution is 0.661. The SMILES string of the molecule is CC1(C)c2cc(-c3ccc(-c4ccccc4)s3)c3ccccc3c2-c2c1cc(N(c1ccc3ccccc3c1)c1ccc3ccccc3c1)c1ccccc21. The summed E-state index contributed by atoms with van der Waals surface area (Å²) in [6, 6.07) is 69.6. The molecule has 0 unspecified atom stereocenters. The van der Waals surface area contributed by atoms with Crippen molar-refractivity contribution in [3.05, 3.63) is 199 Å². The van der Waals surface area contributed by atoms with Gasteiger partial charge in [-0.3, -0.25) is 0 Å². The minimum atomic E-state index is -0.250. The molecule has 1 aliphatic carbocycles. The minimum Gasteiger partial charge on any atom is -0.310 e. The third kappa shape index (κ3) is 4.99. The molecule has 1 aromatic heterocycles. The summed E-state index contributed by atoms with van der Waals surface area (Å²) in [7, 11) is 0. The Morgan fingerprint density at radius 2 is 0.891 bits per heavy atom. The molecule has 55 heavy (non-hydrogen) atoms. The zero-order valence-electron chi connectivity index (χ0n) is 30.8. The van der Waals surface area contributed by atoms with E-state index in [-0.39, 0.29) is 5.41 Å². The summed E-state index contributed by atoms with van der Waals surface area (Å²) in [4.78, 5) is 5.08. The standard InChI is InChI=1S/C53H37NS/c1-53(2)46-32-45(50-29-28-49(55-50)36-16-4-3-5-17-36)41-20-10-12-22-43(41)51(46)52-44-23-13-11-21-42(44)48(33-47(52)53)54(39-26-24-34-14-6-8-18-37(34)30-39)40-27-25-35-15-7-9-19-38(35)31-40/h3-33H,1-2H3. The van der Waals surface area contributed by atoms with E-state index in [2.05, 4.69) is 207 Å². The van der Waals surface area contributed by atoms with Crippen molar-refractivity contribution in [2.24, 2.45) is 0 Å². The maximum absolute atomic E-state index is 2.51. The first kappa shape index (κ1) is 32.0. The van der Waals surface area contributed by atoms with Crippen LogP contribution in [0.5, 0.6) is 0 Å². The molecule has 0 atom stereocenters. The number of nitrogens with zero attached hydrogens (tertiary/aromatic N) is 1. The van der Waals surface area contributed by atoms with Crippen LogP contribution in [0, 0.1) is 0 Å². The van der Waals surface area contributed by atoms with Gasteiger partial charge < -0.3 is 4.90 Å². The van der Waals surface area contributed by atoms with Gasteiger partial charge in [-0.15, -0.1) is 11.3 Å². The van der Waals surface area contributed by atoms with Crippen LogP contribution in [0.15, 0.2) is 188 Å². The van der Waals surface area contributed by atoms with Crippen molar-refractivity contribution < 1.29 is 0 Å². The average molecular weight is 720 g/mol. The molecule has 0 radical (unpaired) electrons. The molecule has 2 heteroatoms. The fraction of sp³-hybridized carbons (Fsp3) is 0.0566. The second-order valence-corrected chi connectivity index (χ2v) is 16.4. The molecular weight excluding hydrogens is 683 g/mol. The molecule has 0 spiro atoms. The second kappa shape index (κ2) is 12.3. The van der Waals surface area contributed by atoms with Gasteiger partial charge in [-0.1, -0.05) is 153 Å². The molecule has 0 saturated heterocycles. The maximum Gasteiger partial charge on any atom is 0.0543 e. The van der Waals surface area contributed by atoms with E-state index >= 15 is 0 Å². The number of hydrogen-bond acceptors (Lipinski definition) is 2. The average Bonchev–Trinajstić information content (AvgIpc) is 3.82. The van der Waals surface area contributed by atoms with Crippen molar-refractivity contribution in [2.75, 3.05) is 4.90 Å². The lowest BCUT2D eigenvalue weighted by Gasteiger charge is -2.30. The topological polar surface area (TPSA) is 3.24 Å². The van der Waals surface area contributed by atoms with Gasteiger partial charge in [0.05, 0.1) is 5.69 Å². The van der Waals surface area contributed by atoms with Gasteiger partial charge in [0.15, 0.2) is 0 Å². The van der Waals surface area contributed by atoms with Crippen LogP contribution >= 0.6 is 11.3 Å². The molecular formula is C53H37NS. The van der Waals surface area contributed by atoms with E-state index in [0.717, 1.165) is 11.4 Å². The van der Waals surface area contributed by atoms with E-state index in [1.807, 2.05) is 11.3 Å². The highest BCUT2D eigenvalue weighted by atomic mass is 32.1. The number of benzene rings is 9. The highest BCUT2D eigenvalue weighted by Gasteiger charge is 2.39. The molecule has 260 valence electrons. The molecule has 0 N–H and O–H groups in total. The summed E-state index contributed by atoms with van der Waals surface area (Å²) in [5, 5.41) is 10.1. The Labute approximate surface area is 325 Å². The van der Waals surface area contributed by atoms with Crippen molar-refractivity contribution in [1.82, 2.24) is 0 Å². The van der Waals surface area contributed by atoms with E-state index in [1.165, 1.54) is 91.9 Å². The second-order valence-electron chi connectivity index (χ2n) is 15.3. The van der Waals surface area contributed by atoms with Crippen LogP contribution in [0.2, 0.25) is 0 Å². The van der Waals surface area contributed by atoms with E-state index in [4.69, 9.17) is 0 Å². The molecule has 1 heterocycles. The predicted octanol–water partition coefficient (Wildman–Crippen LogP) is 15.5. The molecule has 1 nitrogen and oxygen atoms in total. The summed E-state index contributed by atoms with van der Waals surface area (Å²) in [6.07, 6.45) is 0. The molecule has 0 saturated carbocycles. The van der Waals surface area contributed by atoms with Gasteiger partial charge in [0.1, 0.15) is 0 Å². The number of thiophene rings is 1. The lowest BCUT2D eigenvalue weighted by atomic mass is 9.80. The summed E-state index contributed by atoms with van der Waals surface area (Å²) in [5.74, 6) is 0. The number of anilines is 3. The first-order valence-electron chi connectivity index (χ1n) is 19.1. The van der Waals surface area contributed by atoms with Crippen LogP contribution in [-0.4, -0.2) is 0 Å². The Morgan fingerprint density at radius 1 is 0.400 bits per heavy atom. The Hall–Kier alpha value is -6.48. The summed E-state index contributed by atoms with van der Waals surface area (Å²) in [5.41, 5.74) is 11.3. The van der Waals surface area contributed by atoms with Crippen LogP contribution in [0.1, 0.15) is 25.0 Å². The van der Waals surface area contributed by atoms with E-state index in [1.54, 1.807) is 0 Å². The summed E-state index contributed by atoms with van der Waals surface area (Å²) < 4.78 is 0. The van der Waals surface area contributed by atoms with Crippen molar-refractivity contribution in [1.29, 1.82) is 0 Å². The molecule has 10 aromatic rings. The third-order valence-corrected chi connectivity index (χ3v) is 13.0. The van der Waals surface area contributed by atoms with Crippen molar-refractivity contribution >= 4 is 71.5 Å². The summed E-state index contributed by atoms with van der Waals surface area (Å²) in [6.45, 7) is 4.85. The van der Waals surface area contributed by atoms with Gasteiger partial charge in [-0.2, -0.15) is 0 Å². The smallest absolute Gasteiger partial charge is 0.0543 e. The van der Waals surface area contributed by atoms with Gasteiger partial charge in [-0.25, -0.2) is 0 Å². The number of hydrogen-bond donors (Lipinski definition) is 0. The Balaban J connectivity index is 1.17. The largest absolute Gasteiger partial charge is 0.310 e. The number of fused-ring (bicyclic) bond motifs is 9. The van der Waals surface area contributed by atoms with Crippen LogP contribution in [-0.2, 0) is 5.41 Å². The maximum atomic E-state index is 2.51. The van der Waals surface area contributed by atoms with Crippen LogP contribution in [0.4, 0.5) is 17.1 Å². The predicted molar refractivity (Wildman–Crippen MR) is 237 cm³/mol. The fourth-order valence-electron chi connectivity index (χ4n) is 9.09. The lowest BCUT2D eigenvalue weighted by Crippen LogP contribution is -2.17. The van der Waals surface area contributed by atoms with Crippen molar-refractivity contribution in [3.63, 3.8) is 0 Å². The Bertz CT molecular complexity index is 3050. The Kier molecular flexibility index (Phi) is 7.14. The van der Waals surface area contributed by atoms with Crippen molar-refractivity contribution in [2.45, 2.75) is 19.3 Å². The minimum absolute atomic E-state index is 0.250. The highest BCUT2D eigenvalue weighted by Crippen LogP contribution is 2.58. The van der Waals surface area contributed by atoms with E-state index in [9.17, 15) is 0 Å². The highest BCUT2D eigenvalue weighted by molar-refractivity contribution is 7.18. The van der Waals surface area contributed by atoms with Crippen LogP contribution < -0.4 is 4.90 Å². The monoisotopic (exact) mass is 719 g/mol. The zero-order valence-corrected chi connectivity index (χ0v) is 31.6. The third-order valence-electron chi connectivity index (χ3n) is 11.8. The van der Waals surface area contributed by atoms with Gasteiger partial charge >= 0.3 is 0 Å². The normalized spacial score (nSPS) is 13.1. The molecule has 0 bridgehead atoms. The Morgan fingerprint density at radius 3 is 1.53 bits per heavy atom. The molecule has 0 aliphatic heterocycles. The van der Waals surface area contributed by atoms with Crippen LogP contribution in [0.25, 0.3) is 75.1 Å². The van der Waals surface area contributed by atoms with Crippen molar-refractivity contribution in [3.8, 4) is 32.0 Å². The van der Waals surface area contributed by atoms with Gasteiger partial charge in [0, 0.05) is 31.9 Å². The van der Waals surface area contributed by atoms with E-state index in [0.29, 0.717) is 0 Å². The molecule has 0 fully saturated rings. The summed E-state index contributed by atoms with van der Waals surface area (Å²) >= 11 is 1.88. The first-order valence-corrected chi connectivity index (χ1v) is 19.9. The van der Waals surface area contributed by atoms with Crippen LogP contribution in [0.3, 0.4) is 0 Å².